The van der Waals surface area contributed by atoms with Gasteiger partial charge < -0.3 is 10.2 Å². The summed E-state index contributed by atoms with van der Waals surface area (Å²) in [4.78, 5) is 22.9. The molecule has 0 spiro atoms. The quantitative estimate of drug-likeness (QED) is 0.586. The molecule has 4 rings (SSSR count). The Bertz CT molecular complexity index is 1220. The molecule has 1 N–H and O–H groups in total. The Morgan fingerprint density at radius 1 is 0.969 bits per heavy atom. The first-order valence-electron chi connectivity index (χ1n) is 9.72. The summed E-state index contributed by atoms with van der Waals surface area (Å²) < 4.78 is 27.5. The van der Waals surface area contributed by atoms with Gasteiger partial charge in [-0.2, -0.15) is 4.31 Å². The summed E-state index contributed by atoms with van der Waals surface area (Å²) in [6.45, 7) is 1.72. The van der Waals surface area contributed by atoms with E-state index in [1.807, 2.05) is 4.90 Å². The number of piperazine rings is 1. The number of sulfonamides is 1. The topological polar surface area (TPSA) is 95.5 Å². The fraction of sp³-hybridized carbons (Fsp3) is 0.190. The van der Waals surface area contributed by atoms with Crippen LogP contribution in [0.3, 0.4) is 0 Å². The first-order chi connectivity index (χ1) is 15.3. The van der Waals surface area contributed by atoms with Gasteiger partial charge in [0.2, 0.25) is 10.0 Å². The average Bonchev–Trinajstić information content (AvgIpc) is 2.81. The minimum absolute atomic E-state index is 0.157. The summed E-state index contributed by atoms with van der Waals surface area (Å²) >= 11 is 12.0. The number of carbonyl (C=O) groups excluding carboxylic acids is 1. The normalized spacial score (nSPS) is 14.9. The molecule has 1 saturated heterocycles. The second-order valence-corrected chi connectivity index (χ2v) is 9.84. The van der Waals surface area contributed by atoms with E-state index in [0.717, 1.165) is 5.82 Å². The molecule has 0 bridgehead atoms. The fourth-order valence-corrected chi connectivity index (χ4v) is 5.14. The van der Waals surface area contributed by atoms with Gasteiger partial charge in [0.05, 0.1) is 21.7 Å². The Hall–Kier alpha value is -2.72. The van der Waals surface area contributed by atoms with Crippen LogP contribution in [0.2, 0.25) is 10.0 Å². The molecule has 1 aromatic heterocycles. The third-order valence-corrected chi connectivity index (χ3v) is 7.51. The molecule has 0 atom stereocenters. The highest BCUT2D eigenvalue weighted by molar-refractivity contribution is 7.89. The van der Waals surface area contributed by atoms with Gasteiger partial charge in [0.15, 0.2) is 0 Å². The van der Waals surface area contributed by atoms with Crippen LogP contribution in [0.1, 0.15) is 10.4 Å². The first kappa shape index (κ1) is 22.5. The van der Waals surface area contributed by atoms with Gasteiger partial charge >= 0.3 is 0 Å². The van der Waals surface area contributed by atoms with Crippen molar-refractivity contribution in [1.82, 2.24) is 14.3 Å². The van der Waals surface area contributed by atoms with E-state index in [4.69, 9.17) is 23.2 Å². The first-order valence-corrected chi connectivity index (χ1v) is 11.9. The second-order valence-electron chi connectivity index (χ2n) is 7.06. The van der Waals surface area contributed by atoms with Crippen LogP contribution < -0.4 is 10.2 Å². The minimum atomic E-state index is -3.66. The fourth-order valence-electron chi connectivity index (χ4n) is 3.34. The molecule has 3 aromatic rings. The monoisotopic (exact) mass is 491 g/mol. The molecule has 1 fully saturated rings. The summed E-state index contributed by atoms with van der Waals surface area (Å²) in [7, 11) is -3.66. The number of hydrogen-bond acceptors (Lipinski definition) is 6. The van der Waals surface area contributed by atoms with Crippen molar-refractivity contribution in [3.8, 4) is 0 Å². The number of rotatable bonds is 5. The van der Waals surface area contributed by atoms with E-state index >= 15 is 0 Å². The maximum Gasteiger partial charge on any atom is 0.257 e. The van der Waals surface area contributed by atoms with Crippen LogP contribution in [0.25, 0.3) is 0 Å². The maximum atomic E-state index is 13.0. The zero-order chi connectivity index (χ0) is 22.7. The van der Waals surface area contributed by atoms with Gasteiger partial charge in [-0.15, -0.1) is 0 Å². The third-order valence-electron chi connectivity index (χ3n) is 5.04. The van der Waals surface area contributed by atoms with Gasteiger partial charge in [0.25, 0.3) is 5.91 Å². The summed E-state index contributed by atoms with van der Waals surface area (Å²) in [5.41, 5.74) is 0.675. The predicted octanol–water partition coefficient (Wildman–Crippen LogP) is 3.55. The zero-order valence-electron chi connectivity index (χ0n) is 16.8. The highest BCUT2D eigenvalue weighted by Crippen LogP contribution is 2.24. The molecule has 0 saturated carbocycles. The van der Waals surface area contributed by atoms with Gasteiger partial charge in [0, 0.05) is 49.3 Å². The lowest BCUT2D eigenvalue weighted by Crippen LogP contribution is -2.48. The SMILES string of the molecule is O=C(Nc1ccc(S(=O)(=O)N2CCN(c3cnccn3)CC2)cc1)c1cc(Cl)ccc1Cl. The van der Waals surface area contributed by atoms with E-state index in [2.05, 4.69) is 15.3 Å². The van der Waals surface area contributed by atoms with Crippen LogP contribution in [0, 0.1) is 0 Å². The van der Waals surface area contributed by atoms with E-state index in [9.17, 15) is 13.2 Å². The van der Waals surface area contributed by atoms with Crippen molar-refractivity contribution in [2.24, 2.45) is 0 Å². The van der Waals surface area contributed by atoms with Crippen molar-refractivity contribution in [3.05, 3.63) is 76.7 Å². The van der Waals surface area contributed by atoms with Crippen LogP contribution in [0.15, 0.2) is 66.0 Å². The average molecular weight is 492 g/mol. The highest BCUT2D eigenvalue weighted by Gasteiger charge is 2.29. The van der Waals surface area contributed by atoms with Gasteiger partial charge in [0.1, 0.15) is 5.82 Å². The smallest absolute Gasteiger partial charge is 0.257 e. The molecule has 0 radical (unpaired) electrons. The van der Waals surface area contributed by atoms with Gasteiger partial charge in [-0.25, -0.2) is 13.4 Å². The van der Waals surface area contributed by atoms with Gasteiger partial charge in [-0.3, -0.25) is 9.78 Å². The lowest BCUT2D eigenvalue weighted by atomic mass is 10.2. The number of anilines is 2. The molecule has 2 aromatic carbocycles. The number of hydrogen-bond donors (Lipinski definition) is 1. The molecule has 0 unspecified atom stereocenters. The van der Waals surface area contributed by atoms with E-state index < -0.39 is 15.9 Å². The van der Waals surface area contributed by atoms with Crippen LogP contribution in [-0.2, 0) is 10.0 Å². The number of nitrogens with one attached hydrogen (secondary N) is 1. The number of halogens is 2. The number of aromatic nitrogens is 2. The molecule has 166 valence electrons. The largest absolute Gasteiger partial charge is 0.353 e. The summed E-state index contributed by atoms with van der Waals surface area (Å²) in [5.74, 6) is 0.290. The van der Waals surface area contributed by atoms with Crippen molar-refractivity contribution < 1.29 is 13.2 Å². The third kappa shape index (κ3) is 4.86. The summed E-state index contributed by atoms with van der Waals surface area (Å²) in [6, 6.07) is 10.6. The van der Waals surface area contributed by atoms with Crippen molar-refractivity contribution >= 4 is 50.6 Å². The number of carbonyl (C=O) groups is 1. The lowest BCUT2D eigenvalue weighted by molar-refractivity contribution is 0.102. The maximum absolute atomic E-state index is 13.0. The van der Waals surface area contributed by atoms with E-state index in [1.54, 1.807) is 42.9 Å². The number of amides is 1. The van der Waals surface area contributed by atoms with E-state index in [1.165, 1.54) is 22.5 Å². The zero-order valence-corrected chi connectivity index (χ0v) is 19.1. The van der Waals surface area contributed by atoms with Gasteiger partial charge in [-0.05, 0) is 42.5 Å². The summed E-state index contributed by atoms with van der Waals surface area (Å²) in [5, 5.41) is 3.36. The Labute approximate surface area is 195 Å². The predicted molar refractivity (Wildman–Crippen MR) is 124 cm³/mol. The summed E-state index contributed by atoms with van der Waals surface area (Å²) in [6.07, 6.45) is 4.87. The van der Waals surface area contributed by atoms with Crippen LogP contribution in [0.4, 0.5) is 11.5 Å². The molecule has 1 amide bonds. The molecule has 11 heteroatoms. The van der Waals surface area contributed by atoms with E-state index in [-0.39, 0.29) is 15.5 Å². The molecule has 0 aliphatic carbocycles. The van der Waals surface area contributed by atoms with Gasteiger partial charge in [-0.1, -0.05) is 23.2 Å². The highest BCUT2D eigenvalue weighted by atomic mass is 35.5. The molecule has 8 nitrogen and oxygen atoms in total. The number of nitrogens with zero attached hydrogens (tertiary/aromatic N) is 4. The Kier molecular flexibility index (Phi) is 6.61. The Balaban J connectivity index is 1.42. The second kappa shape index (κ2) is 9.41. The standard InChI is InChI=1S/C21H19Cl2N5O3S/c22-15-1-6-19(23)18(13-15)21(29)26-16-2-4-17(5-3-16)32(30,31)28-11-9-27(10-12-28)20-14-24-7-8-25-20/h1-8,13-14H,9-12H2,(H,26,29). The Morgan fingerprint density at radius 2 is 1.69 bits per heavy atom. The van der Waals surface area contributed by atoms with Crippen molar-refractivity contribution in [1.29, 1.82) is 0 Å². The van der Waals surface area contributed by atoms with Crippen LogP contribution in [-0.4, -0.2) is 54.8 Å². The van der Waals surface area contributed by atoms with E-state index in [0.29, 0.717) is 36.9 Å². The molecular formula is C21H19Cl2N5O3S. The number of benzene rings is 2. The van der Waals surface area contributed by atoms with Crippen LogP contribution >= 0.6 is 23.2 Å². The minimum Gasteiger partial charge on any atom is -0.353 e. The molecule has 2 heterocycles. The van der Waals surface area contributed by atoms with Crippen molar-refractivity contribution in [2.75, 3.05) is 36.4 Å². The van der Waals surface area contributed by atoms with Crippen LogP contribution in [0.5, 0.6) is 0 Å². The molecule has 1 aliphatic rings. The van der Waals surface area contributed by atoms with Crippen molar-refractivity contribution in [2.45, 2.75) is 4.90 Å². The molecule has 32 heavy (non-hydrogen) atoms. The lowest BCUT2D eigenvalue weighted by Gasteiger charge is -2.34. The van der Waals surface area contributed by atoms with Crippen molar-refractivity contribution in [3.63, 3.8) is 0 Å². The molecular weight excluding hydrogens is 473 g/mol. The Morgan fingerprint density at radius 3 is 2.34 bits per heavy atom. The molecule has 1 aliphatic heterocycles.